The third kappa shape index (κ3) is 4.61. The molecule has 140 valence electrons. The summed E-state index contributed by atoms with van der Waals surface area (Å²) >= 11 is 17.9. The molecule has 1 N–H and O–H groups in total. The minimum Gasteiger partial charge on any atom is -0.495 e. The number of sulfonamides is 1. The molecule has 10 heteroatoms. The normalized spacial score (nSPS) is 11.5. The molecule has 0 spiro atoms. The third-order valence-corrected chi connectivity index (χ3v) is 6.15. The molecule has 26 heavy (non-hydrogen) atoms. The third-order valence-electron chi connectivity index (χ3n) is 3.42. The number of nitrogens with one attached hydrogen (secondary N) is 1. The number of rotatable bonds is 6. The molecule has 0 aliphatic heterocycles. The van der Waals surface area contributed by atoms with Gasteiger partial charge in [-0.2, -0.15) is 4.31 Å². The van der Waals surface area contributed by atoms with Gasteiger partial charge in [0.1, 0.15) is 5.75 Å². The molecule has 0 aliphatic carbocycles. The first-order valence-electron chi connectivity index (χ1n) is 7.20. The van der Waals surface area contributed by atoms with E-state index in [-0.39, 0.29) is 25.7 Å². The zero-order chi connectivity index (χ0) is 19.5. The molecule has 6 nitrogen and oxygen atoms in total. The number of methoxy groups -OCH3 is 1. The number of halogens is 3. The maximum atomic E-state index is 12.6. The van der Waals surface area contributed by atoms with E-state index in [4.69, 9.17) is 39.5 Å². The van der Waals surface area contributed by atoms with Crippen molar-refractivity contribution in [2.24, 2.45) is 0 Å². The van der Waals surface area contributed by atoms with Crippen LogP contribution in [0.5, 0.6) is 5.75 Å². The van der Waals surface area contributed by atoms with E-state index in [1.807, 2.05) is 0 Å². The summed E-state index contributed by atoms with van der Waals surface area (Å²) in [4.78, 5) is 12.1. The lowest BCUT2D eigenvalue weighted by Gasteiger charge is -2.18. The first kappa shape index (κ1) is 20.8. The Morgan fingerprint density at radius 1 is 1.12 bits per heavy atom. The topological polar surface area (TPSA) is 75.7 Å². The van der Waals surface area contributed by atoms with Crippen LogP contribution in [0.1, 0.15) is 0 Å². The summed E-state index contributed by atoms with van der Waals surface area (Å²) in [5, 5.41) is 3.15. The average molecular weight is 438 g/mol. The van der Waals surface area contributed by atoms with Crippen LogP contribution in [0.2, 0.25) is 15.1 Å². The van der Waals surface area contributed by atoms with Crippen molar-refractivity contribution in [1.29, 1.82) is 0 Å². The molecule has 0 heterocycles. The number of anilines is 1. The summed E-state index contributed by atoms with van der Waals surface area (Å²) < 4.78 is 31.1. The fourth-order valence-corrected chi connectivity index (χ4v) is 4.04. The minimum atomic E-state index is -3.93. The van der Waals surface area contributed by atoms with Gasteiger partial charge in [-0.3, -0.25) is 4.79 Å². The minimum absolute atomic E-state index is 0.0608. The molecule has 0 bridgehead atoms. The summed E-state index contributed by atoms with van der Waals surface area (Å²) in [5.41, 5.74) is 0.221. The molecule has 2 aromatic rings. The molecule has 0 fully saturated rings. The van der Waals surface area contributed by atoms with E-state index in [0.29, 0.717) is 5.75 Å². The number of hydrogen-bond acceptors (Lipinski definition) is 4. The second kappa shape index (κ2) is 8.45. The quantitative estimate of drug-likeness (QED) is 0.743. The molecule has 2 aromatic carbocycles. The summed E-state index contributed by atoms with van der Waals surface area (Å²) in [6.45, 7) is -0.437. The van der Waals surface area contributed by atoms with E-state index in [9.17, 15) is 13.2 Å². The molecule has 0 radical (unpaired) electrons. The molecule has 2 rings (SSSR count). The van der Waals surface area contributed by atoms with Crippen molar-refractivity contribution < 1.29 is 17.9 Å². The Hall–Kier alpha value is -1.51. The van der Waals surface area contributed by atoms with Crippen LogP contribution in [-0.4, -0.2) is 39.3 Å². The lowest BCUT2D eigenvalue weighted by atomic mass is 10.3. The highest BCUT2D eigenvalue weighted by Crippen LogP contribution is 2.30. The first-order valence-corrected chi connectivity index (χ1v) is 9.78. The molecule has 1 amide bonds. The Balaban J connectivity index is 2.16. The fraction of sp³-hybridized carbons (Fsp3) is 0.188. The zero-order valence-electron chi connectivity index (χ0n) is 13.8. The molecule has 0 unspecified atom stereocenters. The largest absolute Gasteiger partial charge is 0.495 e. The number of benzene rings is 2. The van der Waals surface area contributed by atoms with Gasteiger partial charge in [0.2, 0.25) is 15.9 Å². The highest BCUT2D eigenvalue weighted by molar-refractivity contribution is 7.89. The second-order valence-corrected chi connectivity index (χ2v) is 8.47. The Kier molecular flexibility index (Phi) is 6.76. The lowest BCUT2D eigenvalue weighted by Crippen LogP contribution is -2.35. The predicted molar refractivity (Wildman–Crippen MR) is 103 cm³/mol. The van der Waals surface area contributed by atoms with Crippen LogP contribution in [0.15, 0.2) is 41.3 Å². The molecule has 0 saturated carbocycles. The number of carbonyl (C=O) groups excluding carboxylic acids is 1. The number of nitrogens with zero attached hydrogens (tertiary/aromatic N) is 1. The van der Waals surface area contributed by atoms with Gasteiger partial charge in [0.05, 0.1) is 39.3 Å². The van der Waals surface area contributed by atoms with Crippen molar-refractivity contribution in [1.82, 2.24) is 4.31 Å². The Morgan fingerprint density at radius 3 is 2.27 bits per heavy atom. The van der Waals surface area contributed by atoms with Gasteiger partial charge in [0.25, 0.3) is 0 Å². The van der Waals surface area contributed by atoms with Gasteiger partial charge in [0, 0.05) is 7.05 Å². The molecule has 0 atom stereocenters. The number of hydrogen-bond donors (Lipinski definition) is 1. The Bertz CT molecular complexity index is 915. The van der Waals surface area contributed by atoms with Crippen molar-refractivity contribution >= 4 is 56.4 Å². The fourth-order valence-electron chi connectivity index (χ4n) is 2.07. The van der Waals surface area contributed by atoms with Gasteiger partial charge in [-0.1, -0.05) is 40.9 Å². The Labute approximate surface area is 166 Å². The van der Waals surface area contributed by atoms with E-state index >= 15 is 0 Å². The van der Waals surface area contributed by atoms with Gasteiger partial charge in [0.15, 0.2) is 0 Å². The van der Waals surface area contributed by atoms with Crippen molar-refractivity contribution in [3.63, 3.8) is 0 Å². The van der Waals surface area contributed by atoms with E-state index in [2.05, 4.69) is 5.32 Å². The smallest absolute Gasteiger partial charge is 0.243 e. The lowest BCUT2D eigenvalue weighted by molar-refractivity contribution is -0.116. The van der Waals surface area contributed by atoms with Gasteiger partial charge in [-0.15, -0.1) is 0 Å². The van der Waals surface area contributed by atoms with E-state index < -0.39 is 22.5 Å². The van der Waals surface area contributed by atoms with Gasteiger partial charge < -0.3 is 10.1 Å². The van der Waals surface area contributed by atoms with E-state index in [1.54, 1.807) is 18.2 Å². The number of ether oxygens (including phenoxy) is 1. The molecular formula is C16H15Cl3N2O4S. The molecular weight excluding hydrogens is 423 g/mol. The molecule has 0 saturated heterocycles. The molecule has 0 aliphatic rings. The predicted octanol–water partition coefficient (Wildman–Crippen LogP) is 3.91. The second-order valence-electron chi connectivity index (χ2n) is 5.20. The van der Waals surface area contributed by atoms with E-state index in [1.165, 1.54) is 32.4 Å². The number of para-hydroxylation sites is 1. The highest BCUT2D eigenvalue weighted by Gasteiger charge is 2.24. The van der Waals surface area contributed by atoms with Crippen molar-refractivity contribution in [2.75, 3.05) is 26.0 Å². The SMILES string of the molecule is COc1ccc(S(=O)(=O)N(C)CC(=O)Nc2c(Cl)cccc2Cl)cc1Cl. The number of carbonyl (C=O) groups is 1. The maximum Gasteiger partial charge on any atom is 0.243 e. The van der Waals surface area contributed by atoms with Crippen molar-refractivity contribution in [3.8, 4) is 5.75 Å². The highest BCUT2D eigenvalue weighted by atomic mass is 35.5. The van der Waals surface area contributed by atoms with Crippen LogP contribution in [-0.2, 0) is 14.8 Å². The number of likely N-dealkylation sites (N-methyl/N-ethyl adjacent to an activating group) is 1. The zero-order valence-corrected chi connectivity index (χ0v) is 16.9. The number of amides is 1. The maximum absolute atomic E-state index is 12.6. The van der Waals surface area contributed by atoms with Gasteiger partial charge in [-0.05, 0) is 30.3 Å². The van der Waals surface area contributed by atoms with Crippen molar-refractivity contribution in [3.05, 3.63) is 51.5 Å². The van der Waals surface area contributed by atoms with Crippen LogP contribution in [0.4, 0.5) is 5.69 Å². The average Bonchev–Trinajstić information content (AvgIpc) is 2.58. The van der Waals surface area contributed by atoms with Crippen LogP contribution in [0.25, 0.3) is 0 Å². The van der Waals surface area contributed by atoms with Gasteiger partial charge in [-0.25, -0.2) is 8.42 Å². The summed E-state index contributed by atoms with van der Waals surface area (Å²) in [6, 6.07) is 8.79. The van der Waals surface area contributed by atoms with Crippen LogP contribution in [0.3, 0.4) is 0 Å². The summed E-state index contributed by atoms with van der Waals surface area (Å²) in [7, 11) is -1.23. The standard InChI is InChI=1S/C16H15Cl3N2O4S/c1-21(9-15(22)20-16-11(17)4-3-5-12(16)18)26(23,24)10-6-7-14(25-2)13(19)8-10/h3-8H,9H2,1-2H3,(H,20,22). The van der Waals surface area contributed by atoms with Gasteiger partial charge >= 0.3 is 0 Å². The summed E-state index contributed by atoms with van der Waals surface area (Å²) in [6.07, 6.45) is 0. The monoisotopic (exact) mass is 436 g/mol. The Morgan fingerprint density at radius 2 is 1.73 bits per heavy atom. The van der Waals surface area contributed by atoms with Crippen LogP contribution >= 0.6 is 34.8 Å². The van der Waals surface area contributed by atoms with Crippen LogP contribution < -0.4 is 10.1 Å². The van der Waals surface area contributed by atoms with Crippen LogP contribution in [0, 0.1) is 0 Å². The molecule has 0 aromatic heterocycles. The first-order chi connectivity index (χ1) is 12.2. The summed E-state index contributed by atoms with van der Waals surface area (Å²) in [5.74, 6) is -0.245. The van der Waals surface area contributed by atoms with Crippen molar-refractivity contribution in [2.45, 2.75) is 4.90 Å². The van der Waals surface area contributed by atoms with E-state index in [0.717, 1.165) is 4.31 Å².